The van der Waals surface area contributed by atoms with E-state index in [1.807, 2.05) is 25.2 Å². The Balaban J connectivity index is 3.04. The highest BCUT2D eigenvalue weighted by Gasteiger charge is 2.28. The van der Waals surface area contributed by atoms with E-state index in [-0.39, 0.29) is 17.4 Å². The summed E-state index contributed by atoms with van der Waals surface area (Å²) < 4.78 is 1.73. The number of halogens is 2. The zero-order valence-corrected chi connectivity index (χ0v) is 14.6. The van der Waals surface area contributed by atoms with Gasteiger partial charge in [-0.2, -0.15) is 0 Å². The summed E-state index contributed by atoms with van der Waals surface area (Å²) >= 11 is 6.83. The molecule has 4 heteroatoms. The van der Waals surface area contributed by atoms with Crippen LogP contribution in [0.5, 0.6) is 0 Å². The molecule has 0 spiro atoms. The van der Waals surface area contributed by atoms with Crippen molar-refractivity contribution < 1.29 is 4.79 Å². The Morgan fingerprint density at radius 3 is 2.33 bits per heavy atom. The van der Waals surface area contributed by atoms with Gasteiger partial charge in [0.15, 0.2) is 0 Å². The molecule has 1 unspecified atom stereocenters. The summed E-state index contributed by atoms with van der Waals surface area (Å²) in [4.78, 5) is 14.3. The summed E-state index contributed by atoms with van der Waals surface area (Å²) in [5, 5.41) is 0. The third-order valence-electron chi connectivity index (χ3n) is 3.31. The summed E-state index contributed by atoms with van der Waals surface area (Å²) in [6.07, 6.45) is 0. The highest BCUT2D eigenvalue weighted by atomic mass is 79.9. The smallest absolute Gasteiger partial charge is 0.255 e. The zero-order valence-electron chi connectivity index (χ0n) is 11.4. The summed E-state index contributed by atoms with van der Waals surface area (Å²) in [5.74, 6) is 0.0330. The maximum Gasteiger partial charge on any atom is 0.255 e. The first-order chi connectivity index (χ1) is 8.14. The first kappa shape index (κ1) is 15.7. The molecule has 0 aliphatic carbocycles. The Kier molecular flexibility index (Phi) is 5.01. The molecule has 0 aliphatic rings. The van der Waals surface area contributed by atoms with Crippen LogP contribution in [-0.2, 0) is 0 Å². The van der Waals surface area contributed by atoms with E-state index in [0.29, 0.717) is 5.56 Å². The minimum absolute atomic E-state index is 0.0330. The molecule has 100 valence electrons. The van der Waals surface area contributed by atoms with E-state index in [0.717, 1.165) is 8.95 Å². The molecule has 1 atom stereocenters. The second-order valence-electron chi connectivity index (χ2n) is 5.58. The van der Waals surface area contributed by atoms with Crippen LogP contribution in [0.25, 0.3) is 0 Å². The first-order valence-corrected chi connectivity index (χ1v) is 7.45. The van der Waals surface area contributed by atoms with Crippen molar-refractivity contribution in [1.82, 2.24) is 4.90 Å². The molecular formula is C14H19Br2NO. The average molecular weight is 377 g/mol. The Morgan fingerprint density at radius 1 is 1.28 bits per heavy atom. The second kappa shape index (κ2) is 5.74. The van der Waals surface area contributed by atoms with Crippen LogP contribution in [0.1, 0.15) is 38.1 Å². The van der Waals surface area contributed by atoms with Crippen molar-refractivity contribution in [3.63, 3.8) is 0 Å². The van der Waals surface area contributed by atoms with Gasteiger partial charge in [0, 0.05) is 22.0 Å². The number of carbonyl (C=O) groups excluding carboxylic acids is 1. The second-order valence-corrected chi connectivity index (χ2v) is 7.35. The summed E-state index contributed by atoms with van der Waals surface area (Å²) in [7, 11) is 1.85. The van der Waals surface area contributed by atoms with Gasteiger partial charge in [-0.05, 0) is 46.5 Å². The van der Waals surface area contributed by atoms with Crippen LogP contribution in [-0.4, -0.2) is 23.9 Å². The van der Waals surface area contributed by atoms with E-state index in [1.54, 1.807) is 4.90 Å². The number of hydrogen-bond acceptors (Lipinski definition) is 1. The fourth-order valence-electron chi connectivity index (χ4n) is 1.61. The number of carbonyl (C=O) groups is 1. The van der Waals surface area contributed by atoms with Crippen LogP contribution in [0, 0.1) is 5.41 Å². The van der Waals surface area contributed by atoms with Crippen LogP contribution in [0.2, 0.25) is 0 Å². The third kappa shape index (κ3) is 3.58. The summed E-state index contributed by atoms with van der Waals surface area (Å²) in [6.45, 7) is 8.48. The van der Waals surface area contributed by atoms with Crippen LogP contribution in [0.3, 0.4) is 0 Å². The molecule has 0 aliphatic heterocycles. The van der Waals surface area contributed by atoms with Gasteiger partial charge in [-0.15, -0.1) is 0 Å². The predicted molar refractivity (Wildman–Crippen MR) is 82.9 cm³/mol. The number of benzene rings is 1. The molecule has 0 saturated carbocycles. The molecule has 0 heterocycles. The van der Waals surface area contributed by atoms with Crippen molar-refractivity contribution in [2.75, 3.05) is 7.05 Å². The van der Waals surface area contributed by atoms with E-state index < -0.39 is 0 Å². The summed E-state index contributed by atoms with van der Waals surface area (Å²) in [5.41, 5.74) is 0.742. The number of amides is 1. The van der Waals surface area contributed by atoms with Crippen molar-refractivity contribution in [2.24, 2.45) is 5.41 Å². The van der Waals surface area contributed by atoms with E-state index in [2.05, 4.69) is 59.6 Å². The van der Waals surface area contributed by atoms with Crippen LogP contribution in [0.15, 0.2) is 27.1 Å². The first-order valence-electron chi connectivity index (χ1n) is 5.87. The topological polar surface area (TPSA) is 20.3 Å². The molecule has 0 saturated heterocycles. The lowest BCUT2D eigenvalue weighted by Crippen LogP contribution is -2.43. The van der Waals surface area contributed by atoms with Crippen molar-refractivity contribution in [1.29, 1.82) is 0 Å². The van der Waals surface area contributed by atoms with Gasteiger partial charge in [-0.25, -0.2) is 0 Å². The standard InChI is InChI=1S/C14H19Br2NO/c1-9(14(2,3)4)17(5)13(18)11-8-10(15)6-7-12(11)16/h6-9H,1-5H3. The molecule has 1 aromatic rings. The molecule has 1 aromatic carbocycles. The van der Waals surface area contributed by atoms with E-state index >= 15 is 0 Å². The van der Waals surface area contributed by atoms with Crippen LogP contribution >= 0.6 is 31.9 Å². The third-order valence-corrected chi connectivity index (χ3v) is 4.50. The van der Waals surface area contributed by atoms with E-state index in [4.69, 9.17) is 0 Å². The van der Waals surface area contributed by atoms with E-state index in [9.17, 15) is 4.79 Å². The molecule has 0 N–H and O–H groups in total. The van der Waals surface area contributed by atoms with E-state index in [1.165, 1.54) is 0 Å². The lowest BCUT2D eigenvalue weighted by atomic mass is 9.87. The monoisotopic (exact) mass is 375 g/mol. The zero-order chi connectivity index (χ0) is 14.1. The molecular weight excluding hydrogens is 358 g/mol. The maximum absolute atomic E-state index is 12.5. The van der Waals surface area contributed by atoms with Gasteiger partial charge < -0.3 is 4.90 Å². The van der Waals surface area contributed by atoms with Gasteiger partial charge in [0.25, 0.3) is 5.91 Å². The maximum atomic E-state index is 12.5. The average Bonchev–Trinajstić information content (AvgIpc) is 2.28. The van der Waals surface area contributed by atoms with Crippen LogP contribution < -0.4 is 0 Å². The molecule has 0 radical (unpaired) electrons. The highest BCUT2D eigenvalue weighted by Crippen LogP contribution is 2.27. The molecule has 1 rings (SSSR count). The van der Waals surface area contributed by atoms with Gasteiger partial charge in [0.05, 0.1) is 5.56 Å². The number of nitrogens with zero attached hydrogens (tertiary/aromatic N) is 1. The number of hydrogen-bond donors (Lipinski definition) is 0. The van der Waals surface area contributed by atoms with Gasteiger partial charge in [-0.1, -0.05) is 36.7 Å². The number of rotatable bonds is 2. The molecule has 0 bridgehead atoms. The van der Waals surface area contributed by atoms with Crippen molar-refractivity contribution in [2.45, 2.75) is 33.7 Å². The highest BCUT2D eigenvalue weighted by molar-refractivity contribution is 9.11. The lowest BCUT2D eigenvalue weighted by Gasteiger charge is -2.35. The Morgan fingerprint density at radius 2 is 1.83 bits per heavy atom. The van der Waals surface area contributed by atoms with Gasteiger partial charge in [0.1, 0.15) is 0 Å². The molecule has 0 aromatic heterocycles. The van der Waals surface area contributed by atoms with Crippen LogP contribution in [0.4, 0.5) is 0 Å². The summed E-state index contributed by atoms with van der Waals surface area (Å²) in [6, 6.07) is 5.80. The normalized spacial score (nSPS) is 13.3. The predicted octanol–water partition coefficient (Wildman–Crippen LogP) is 4.72. The fourth-order valence-corrected chi connectivity index (χ4v) is 2.39. The molecule has 0 fully saturated rings. The van der Waals surface area contributed by atoms with Gasteiger partial charge >= 0.3 is 0 Å². The van der Waals surface area contributed by atoms with Gasteiger partial charge in [-0.3, -0.25) is 4.79 Å². The lowest BCUT2D eigenvalue weighted by molar-refractivity contribution is 0.0628. The Hall–Kier alpha value is -0.350. The quantitative estimate of drug-likeness (QED) is 0.731. The fraction of sp³-hybridized carbons (Fsp3) is 0.500. The largest absolute Gasteiger partial charge is 0.338 e. The SMILES string of the molecule is CC(N(C)C(=O)c1cc(Br)ccc1Br)C(C)(C)C. The van der Waals surface area contributed by atoms with Crippen molar-refractivity contribution in [3.8, 4) is 0 Å². The van der Waals surface area contributed by atoms with Crippen molar-refractivity contribution in [3.05, 3.63) is 32.7 Å². The molecule has 1 amide bonds. The van der Waals surface area contributed by atoms with Crippen molar-refractivity contribution >= 4 is 37.8 Å². The molecule has 18 heavy (non-hydrogen) atoms. The minimum Gasteiger partial charge on any atom is -0.338 e. The molecule has 2 nitrogen and oxygen atoms in total. The minimum atomic E-state index is 0.0330. The Labute approximate surface area is 126 Å². The Bertz CT molecular complexity index is 452. The van der Waals surface area contributed by atoms with Gasteiger partial charge in [0.2, 0.25) is 0 Å².